The van der Waals surface area contributed by atoms with E-state index in [-0.39, 0.29) is 12.0 Å². The lowest BCUT2D eigenvalue weighted by molar-refractivity contribution is -0.143. The van der Waals surface area contributed by atoms with Crippen LogP contribution in [-0.2, 0) is 19.0 Å². The molecule has 0 bridgehead atoms. The van der Waals surface area contributed by atoms with Crippen molar-refractivity contribution in [1.82, 2.24) is 10.6 Å². The summed E-state index contributed by atoms with van der Waals surface area (Å²) < 4.78 is 16.0. The topological polar surface area (TPSA) is 106 Å². The monoisotopic (exact) mass is 388 g/mol. The van der Waals surface area contributed by atoms with E-state index in [1.165, 1.54) is 0 Å². The van der Waals surface area contributed by atoms with E-state index < -0.39 is 17.7 Å². The molecular weight excluding hydrogens is 352 g/mol. The second-order valence-corrected chi connectivity index (χ2v) is 7.80. The van der Waals surface area contributed by atoms with Crippen molar-refractivity contribution in [3.63, 3.8) is 0 Å². The number of hydrogen-bond donors (Lipinski definition) is 3. The number of rotatable bonds is 12. The van der Waals surface area contributed by atoms with E-state index in [0.29, 0.717) is 33.0 Å². The Hall–Kier alpha value is -1.38. The fourth-order valence-corrected chi connectivity index (χ4v) is 2.99. The highest BCUT2D eigenvalue weighted by atomic mass is 16.6. The van der Waals surface area contributed by atoms with Crippen LogP contribution in [0.15, 0.2) is 0 Å². The molecule has 0 aliphatic heterocycles. The number of carboxylic acids is 1. The molecule has 1 aliphatic carbocycles. The minimum atomic E-state index is -0.693. The lowest BCUT2D eigenvalue weighted by atomic mass is 9.84. The second-order valence-electron chi connectivity index (χ2n) is 7.80. The molecule has 2 atom stereocenters. The summed E-state index contributed by atoms with van der Waals surface area (Å²) in [6.07, 6.45) is 4.19. The van der Waals surface area contributed by atoms with E-state index in [0.717, 1.165) is 38.6 Å². The highest BCUT2D eigenvalue weighted by Gasteiger charge is 2.29. The quantitative estimate of drug-likeness (QED) is 0.440. The summed E-state index contributed by atoms with van der Waals surface area (Å²) in [6, 6.07) is 0.0806. The lowest BCUT2D eigenvalue weighted by Gasteiger charge is -2.29. The van der Waals surface area contributed by atoms with Gasteiger partial charge in [0.25, 0.3) is 0 Å². The fourth-order valence-electron chi connectivity index (χ4n) is 2.99. The van der Waals surface area contributed by atoms with Gasteiger partial charge in [0.15, 0.2) is 0 Å². The van der Waals surface area contributed by atoms with Crippen LogP contribution in [0.1, 0.15) is 52.9 Å². The van der Waals surface area contributed by atoms with Gasteiger partial charge in [0.2, 0.25) is 0 Å². The Kier molecular flexibility index (Phi) is 11.3. The first-order valence-electron chi connectivity index (χ1n) is 9.88. The Morgan fingerprint density at radius 1 is 1.00 bits per heavy atom. The van der Waals surface area contributed by atoms with Gasteiger partial charge in [-0.3, -0.25) is 4.79 Å². The number of nitrogens with one attached hydrogen (secondary N) is 2. The van der Waals surface area contributed by atoms with Crippen molar-refractivity contribution in [2.75, 3.05) is 39.5 Å². The molecule has 0 heterocycles. The number of carbonyl (C=O) groups excluding carboxylic acids is 1. The predicted molar refractivity (Wildman–Crippen MR) is 102 cm³/mol. The first-order chi connectivity index (χ1) is 12.8. The SMILES string of the molecule is CC(C)(C)OC(=O)NCCOCCOCCCNC1CCCCC1C(=O)O. The predicted octanol–water partition coefficient (Wildman–Crippen LogP) is 2.17. The maximum absolute atomic E-state index is 11.4. The van der Waals surface area contributed by atoms with E-state index in [1.807, 2.05) is 20.8 Å². The summed E-state index contributed by atoms with van der Waals surface area (Å²) in [5.74, 6) is -0.955. The van der Waals surface area contributed by atoms with Gasteiger partial charge in [-0.25, -0.2) is 4.79 Å². The van der Waals surface area contributed by atoms with Crippen LogP contribution in [0.5, 0.6) is 0 Å². The zero-order chi connectivity index (χ0) is 20.1. The Bertz CT molecular complexity index is 438. The van der Waals surface area contributed by atoms with Crippen LogP contribution in [0, 0.1) is 5.92 Å². The molecular formula is C19H36N2O6. The first-order valence-corrected chi connectivity index (χ1v) is 9.88. The van der Waals surface area contributed by atoms with E-state index in [4.69, 9.17) is 14.2 Å². The van der Waals surface area contributed by atoms with E-state index in [9.17, 15) is 14.7 Å². The molecule has 158 valence electrons. The second kappa shape index (κ2) is 12.9. The zero-order valence-corrected chi connectivity index (χ0v) is 16.9. The van der Waals surface area contributed by atoms with Gasteiger partial charge in [-0.05, 0) is 46.6 Å². The highest BCUT2D eigenvalue weighted by molar-refractivity contribution is 5.71. The summed E-state index contributed by atoms with van der Waals surface area (Å²) in [5.41, 5.74) is -0.501. The van der Waals surface area contributed by atoms with Crippen molar-refractivity contribution < 1.29 is 28.9 Å². The number of carbonyl (C=O) groups is 2. The molecule has 1 amide bonds. The minimum absolute atomic E-state index is 0.0806. The summed E-state index contributed by atoms with van der Waals surface area (Å²) in [7, 11) is 0. The highest BCUT2D eigenvalue weighted by Crippen LogP contribution is 2.24. The van der Waals surface area contributed by atoms with Crippen LogP contribution < -0.4 is 10.6 Å². The molecule has 1 aliphatic rings. The lowest BCUT2D eigenvalue weighted by Crippen LogP contribution is -2.42. The van der Waals surface area contributed by atoms with Gasteiger partial charge in [0, 0.05) is 19.2 Å². The standard InChI is InChI=1S/C19H36N2O6/c1-19(2,3)27-18(24)21-10-12-26-14-13-25-11-6-9-20-16-8-5-4-7-15(16)17(22)23/h15-16,20H,4-14H2,1-3H3,(H,21,24)(H,22,23). The van der Waals surface area contributed by atoms with Crippen LogP contribution >= 0.6 is 0 Å². The van der Waals surface area contributed by atoms with Crippen LogP contribution in [0.4, 0.5) is 4.79 Å². The van der Waals surface area contributed by atoms with Crippen molar-refractivity contribution in [3.8, 4) is 0 Å². The molecule has 0 radical (unpaired) electrons. The maximum Gasteiger partial charge on any atom is 0.407 e. The van der Waals surface area contributed by atoms with Gasteiger partial charge in [-0.1, -0.05) is 12.8 Å². The molecule has 0 aromatic carbocycles. The summed E-state index contributed by atoms with van der Waals surface area (Å²) in [5, 5.41) is 15.2. The van der Waals surface area contributed by atoms with E-state index >= 15 is 0 Å². The van der Waals surface area contributed by atoms with Crippen molar-refractivity contribution >= 4 is 12.1 Å². The Balaban J connectivity index is 1.90. The molecule has 27 heavy (non-hydrogen) atoms. The molecule has 8 heteroatoms. The minimum Gasteiger partial charge on any atom is -0.481 e. The largest absolute Gasteiger partial charge is 0.481 e. The van der Waals surface area contributed by atoms with Gasteiger partial charge in [0.1, 0.15) is 5.60 Å². The Morgan fingerprint density at radius 2 is 1.67 bits per heavy atom. The molecule has 0 aromatic rings. The summed E-state index contributed by atoms with van der Waals surface area (Å²) in [4.78, 5) is 22.7. The fraction of sp³-hybridized carbons (Fsp3) is 0.895. The van der Waals surface area contributed by atoms with Gasteiger partial charge >= 0.3 is 12.1 Å². The van der Waals surface area contributed by atoms with E-state index in [1.54, 1.807) is 0 Å². The van der Waals surface area contributed by atoms with Gasteiger partial charge < -0.3 is 30.0 Å². The number of carboxylic acid groups (broad SMARTS) is 1. The molecule has 0 saturated heterocycles. The average molecular weight is 389 g/mol. The molecule has 2 unspecified atom stereocenters. The first kappa shape index (κ1) is 23.7. The number of hydrogen-bond acceptors (Lipinski definition) is 6. The van der Waals surface area contributed by atoms with Crippen molar-refractivity contribution in [1.29, 1.82) is 0 Å². The van der Waals surface area contributed by atoms with Crippen LogP contribution in [0.25, 0.3) is 0 Å². The van der Waals surface area contributed by atoms with Crippen molar-refractivity contribution in [2.45, 2.75) is 64.5 Å². The molecule has 1 rings (SSSR count). The third-order valence-electron chi connectivity index (χ3n) is 4.24. The molecule has 0 spiro atoms. The number of alkyl carbamates (subject to hydrolysis) is 1. The Morgan fingerprint density at radius 3 is 2.33 bits per heavy atom. The molecule has 1 saturated carbocycles. The molecule has 8 nitrogen and oxygen atoms in total. The molecule has 1 fully saturated rings. The van der Waals surface area contributed by atoms with Crippen molar-refractivity contribution in [3.05, 3.63) is 0 Å². The zero-order valence-electron chi connectivity index (χ0n) is 16.9. The van der Waals surface area contributed by atoms with Crippen LogP contribution in [-0.4, -0.2) is 68.3 Å². The van der Waals surface area contributed by atoms with Crippen LogP contribution in [0.3, 0.4) is 0 Å². The number of aliphatic carboxylic acids is 1. The normalized spacial score (nSPS) is 20.3. The van der Waals surface area contributed by atoms with Gasteiger partial charge in [-0.15, -0.1) is 0 Å². The molecule has 0 aromatic heterocycles. The average Bonchev–Trinajstić information content (AvgIpc) is 2.58. The van der Waals surface area contributed by atoms with Crippen LogP contribution in [0.2, 0.25) is 0 Å². The van der Waals surface area contributed by atoms with Crippen molar-refractivity contribution in [2.24, 2.45) is 5.92 Å². The summed E-state index contributed by atoms with van der Waals surface area (Å²) >= 11 is 0. The number of amides is 1. The third-order valence-corrected chi connectivity index (χ3v) is 4.24. The Labute approximate surface area is 162 Å². The third kappa shape index (κ3) is 11.8. The van der Waals surface area contributed by atoms with E-state index in [2.05, 4.69) is 10.6 Å². The summed E-state index contributed by atoms with van der Waals surface area (Å²) in [6.45, 7) is 8.57. The smallest absolute Gasteiger partial charge is 0.407 e. The number of ether oxygens (including phenoxy) is 3. The molecule has 3 N–H and O–H groups in total. The van der Waals surface area contributed by atoms with Gasteiger partial charge in [0.05, 0.1) is 25.7 Å². The van der Waals surface area contributed by atoms with Gasteiger partial charge in [-0.2, -0.15) is 0 Å². The maximum atomic E-state index is 11.4.